The van der Waals surface area contributed by atoms with Crippen molar-refractivity contribution >= 4 is 35.0 Å². The van der Waals surface area contributed by atoms with Crippen LogP contribution in [0.5, 0.6) is 5.75 Å². The van der Waals surface area contributed by atoms with Gasteiger partial charge in [0.2, 0.25) is 0 Å². The number of para-hydroxylation sites is 2. The molecule has 0 saturated heterocycles. The predicted molar refractivity (Wildman–Crippen MR) is 101 cm³/mol. The van der Waals surface area contributed by atoms with Crippen molar-refractivity contribution in [1.82, 2.24) is 0 Å². The number of nitrogens with zero attached hydrogens (tertiary/aromatic N) is 1. The van der Waals surface area contributed by atoms with Crippen LogP contribution in [0.15, 0.2) is 47.4 Å². The van der Waals surface area contributed by atoms with Gasteiger partial charge in [0.1, 0.15) is 5.75 Å². The van der Waals surface area contributed by atoms with E-state index in [0.29, 0.717) is 16.3 Å². The van der Waals surface area contributed by atoms with Crippen LogP contribution < -0.4 is 10.1 Å². The lowest BCUT2D eigenvalue weighted by atomic mass is 10.2. The van der Waals surface area contributed by atoms with Gasteiger partial charge in [0.15, 0.2) is 6.10 Å². The Hall–Kier alpha value is -3.07. The number of methoxy groups -OCH3 is 1. The number of nitro benzene ring substituents is 1. The summed E-state index contributed by atoms with van der Waals surface area (Å²) >= 11 is 1.20. The van der Waals surface area contributed by atoms with Gasteiger partial charge in [-0.15, -0.1) is 11.8 Å². The zero-order valence-electron chi connectivity index (χ0n) is 14.9. The van der Waals surface area contributed by atoms with E-state index >= 15 is 0 Å². The zero-order valence-corrected chi connectivity index (χ0v) is 15.7. The summed E-state index contributed by atoms with van der Waals surface area (Å²) < 4.78 is 10.3. The molecule has 2 aromatic carbocycles. The van der Waals surface area contributed by atoms with Crippen LogP contribution in [0.2, 0.25) is 0 Å². The minimum Gasteiger partial charge on any atom is -0.495 e. The topological polar surface area (TPSA) is 108 Å². The lowest BCUT2D eigenvalue weighted by Gasteiger charge is -2.15. The molecular weight excluding hydrogens is 372 g/mol. The van der Waals surface area contributed by atoms with Gasteiger partial charge in [0, 0.05) is 6.07 Å². The Morgan fingerprint density at radius 1 is 1.22 bits per heavy atom. The van der Waals surface area contributed by atoms with Crippen molar-refractivity contribution in [1.29, 1.82) is 0 Å². The molecule has 2 aromatic rings. The number of hydrogen-bond acceptors (Lipinski definition) is 7. The molecule has 0 bridgehead atoms. The quantitative estimate of drug-likeness (QED) is 0.333. The first kappa shape index (κ1) is 20.2. The molecular formula is C18H18N2O6S. The number of carbonyl (C=O) groups is 2. The Kier molecular flexibility index (Phi) is 6.78. The summed E-state index contributed by atoms with van der Waals surface area (Å²) in [4.78, 5) is 35.5. The number of thioether (sulfide) groups is 1. The molecule has 9 heteroatoms. The molecule has 0 unspecified atom stereocenters. The van der Waals surface area contributed by atoms with Gasteiger partial charge < -0.3 is 14.8 Å². The Labute approximate surface area is 160 Å². The van der Waals surface area contributed by atoms with Crippen molar-refractivity contribution < 1.29 is 24.0 Å². The molecule has 0 aliphatic heterocycles. The molecule has 0 aliphatic carbocycles. The summed E-state index contributed by atoms with van der Waals surface area (Å²) in [6.07, 6.45) is 0.589. The van der Waals surface area contributed by atoms with Gasteiger partial charge in [-0.25, -0.2) is 4.79 Å². The van der Waals surface area contributed by atoms with Gasteiger partial charge in [-0.1, -0.05) is 12.1 Å². The number of anilines is 1. The van der Waals surface area contributed by atoms with Gasteiger partial charge in [0.05, 0.1) is 28.2 Å². The van der Waals surface area contributed by atoms with Crippen LogP contribution in [0.25, 0.3) is 0 Å². The van der Waals surface area contributed by atoms with E-state index in [1.165, 1.54) is 37.9 Å². The van der Waals surface area contributed by atoms with Crippen molar-refractivity contribution in [2.75, 3.05) is 18.7 Å². The first-order valence-electron chi connectivity index (χ1n) is 7.84. The fourth-order valence-corrected chi connectivity index (χ4v) is 2.77. The lowest BCUT2D eigenvalue weighted by molar-refractivity contribution is -0.387. The minimum absolute atomic E-state index is 0.00329. The van der Waals surface area contributed by atoms with Crippen molar-refractivity contribution in [3.63, 3.8) is 0 Å². The molecule has 0 spiro atoms. The summed E-state index contributed by atoms with van der Waals surface area (Å²) in [6, 6.07) is 10.8. The first-order chi connectivity index (χ1) is 12.9. The first-order valence-corrected chi connectivity index (χ1v) is 9.07. The highest BCUT2D eigenvalue weighted by Gasteiger charge is 2.22. The summed E-state index contributed by atoms with van der Waals surface area (Å²) in [5.74, 6) is -0.913. The molecule has 0 aromatic heterocycles. The molecule has 27 heavy (non-hydrogen) atoms. The highest BCUT2D eigenvalue weighted by atomic mass is 32.2. The number of nitro groups is 1. The second-order valence-corrected chi connectivity index (χ2v) is 6.23. The fraction of sp³-hybridized carbons (Fsp3) is 0.222. The maximum atomic E-state index is 12.3. The predicted octanol–water partition coefficient (Wildman–Crippen LogP) is 3.51. The van der Waals surface area contributed by atoms with Crippen molar-refractivity contribution in [2.24, 2.45) is 0 Å². The SMILES string of the molecule is COc1ccccc1NC(=O)[C@H](C)OC(=O)c1ccc(SC)c([N+](=O)[O-])c1. The zero-order chi connectivity index (χ0) is 20.0. The molecule has 0 saturated carbocycles. The summed E-state index contributed by atoms with van der Waals surface area (Å²) in [7, 11) is 1.47. The lowest BCUT2D eigenvalue weighted by Crippen LogP contribution is -2.30. The maximum absolute atomic E-state index is 12.3. The molecule has 0 fully saturated rings. The van der Waals surface area contributed by atoms with Crippen LogP contribution in [0.1, 0.15) is 17.3 Å². The van der Waals surface area contributed by atoms with E-state index in [-0.39, 0.29) is 11.3 Å². The molecule has 142 valence electrons. The molecule has 0 aliphatic rings. The largest absolute Gasteiger partial charge is 0.495 e. The van der Waals surface area contributed by atoms with E-state index < -0.39 is 22.9 Å². The number of ether oxygens (including phenoxy) is 2. The molecule has 8 nitrogen and oxygen atoms in total. The van der Waals surface area contributed by atoms with Crippen LogP contribution >= 0.6 is 11.8 Å². The number of carbonyl (C=O) groups excluding carboxylic acids is 2. The Bertz CT molecular complexity index is 871. The number of nitrogens with one attached hydrogen (secondary N) is 1. The normalized spacial score (nSPS) is 11.4. The average molecular weight is 390 g/mol. The Morgan fingerprint density at radius 2 is 1.93 bits per heavy atom. The number of benzene rings is 2. The van der Waals surface area contributed by atoms with Gasteiger partial charge in [-0.2, -0.15) is 0 Å². The second kappa shape index (κ2) is 9.04. The van der Waals surface area contributed by atoms with Crippen LogP contribution in [0, 0.1) is 10.1 Å². The highest BCUT2D eigenvalue weighted by Crippen LogP contribution is 2.28. The average Bonchev–Trinajstić information content (AvgIpc) is 2.67. The van der Waals surface area contributed by atoms with Crippen LogP contribution in [-0.4, -0.2) is 36.3 Å². The van der Waals surface area contributed by atoms with Crippen molar-refractivity contribution in [3.05, 3.63) is 58.1 Å². The molecule has 2 rings (SSSR count). The van der Waals surface area contributed by atoms with Gasteiger partial charge in [-0.05, 0) is 37.4 Å². The number of hydrogen-bond donors (Lipinski definition) is 1. The van der Waals surface area contributed by atoms with Gasteiger partial charge in [0.25, 0.3) is 11.6 Å². The van der Waals surface area contributed by atoms with Crippen LogP contribution in [0.4, 0.5) is 11.4 Å². The van der Waals surface area contributed by atoms with Crippen molar-refractivity contribution in [2.45, 2.75) is 17.9 Å². The maximum Gasteiger partial charge on any atom is 0.339 e. The molecule has 1 N–H and O–H groups in total. The minimum atomic E-state index is -1.11. The molecule has 0 heterocycles. The number of rotatable bonds is 7. The number of amides is 1. The smallest absolute Gasteiger partial charge is 0.339 e. The third-order valence-electron chi connectivity index (χ3n) is 3.63. The molecule has 1 atom stereocenters. The van der Waals surface area contributed by atoms with Crippen molar-refractivity contribution in [3.8, 4) is 5.75 Å². The van der Waals surface area contributed by atoms with Crippen LogP contribution in [0.3, 0.4) is 0 Å². The second-order valence-electron chi connectivity index (χ2n) is 5.38. The van der Waals surface area contributed by atoms with Gasteiger partial charge in [-0.3, -0.25) is 14.9 Å². The van der Waals surface area contributed by atoms with E-state index in [2.05, 4.69) is 5.32 Å². The Morgan fingerprint density at radius 3 is 2.56 bits per heavy atom. The summed E-state index contributed by atoms with van der Waals surface area (Å²) in [5.41, 5.74) is 0.243. The third-order valence-corrected chi connectivity index (χ3v) is 4.41. The molecule has 0 radical (unpaired) electrons. The van der Waals surface area contributed by atoms with E-state index in [1.54, 1.807) is 30.5 Å². The van der Waals surface area contributed by atoms with E-state index in [4.69, 9.17) is 9.47 Å². The van der Waals surface area contributed by atoms with E-state index in [1.807, 2.05) is 0 Å². The van der Waals surface area contributed by atoms with E-state index in [0.717, 1.165) is 6.07 Å². The number of esters is 1. The summed E-state index contributed by atoms with van der Waals surface area (Å²) in [6.45, 7) is 1.41. The van der Waals surface area contributed by atoms with Crippen LogP contribution in [-0.2, 0) is 9.53 Å². The standard InChI is InChI=1S/C18H18N2O6S/c1-11(17(21)19-13-6-4-5-7-15(13)25-2)26-18(22)12-8-9-16(27-3)14(10-12)20(23)24/h4-11H,1-3H3,(H,19,21)/t11-/m0/s1. The monoisotopic (exact) mass is 390 g/mol. The Balaban J connectivity index is 2.09. The van der Waals surface area contributed by atoms with Gasteiger partial charge >= 0.3 is 5.97 Å². The van der Waals surface area contributed by atoms with E-state index in [9.17, 15) is 19.7 Å². The fourth-order valence-electron chi connectivity index (χ4n) is 2.22. The summed E-state index contributed by atoms with van der Waals surface area (Å²) in [5, 5.41) is 13.7. The third kappa shape index (κ3) is 4.98. The highest BCUT2D eigenvalue weighted by molar-refractivity contribution is 7.98. The molecule has 1 amide bonds.